The maximum atomic E-state index is 5.83. The lowest BCUT2D eigenvalue weighted by molar-refractivity contribution is 0.0832. The van der Waals surface area contributed by atoms with E-state index in [4.69, 9.17) is 14.0 Å². The first kappa shape index (κ1) is 12.9. The molecule has 6 heteroatoms. The lowest BCUT2D eigenvalue weighted by Gasteiger charge is -2.24. The van der Waals surface area contributed by atoms with Gasteiger partial charge < -0.3 is 19.3 Å². The Balaban J connectivity index is 1.66. The fourth-order valence-electron chi connectivity index (χ4n) is 1.99. The molecule has 0 bridgehead atoms. The van der Waals surface area contributed by atoms with Gasteiger partial charge in [0.15, 0.2) is 17.6 Å². The molecule has 1 aromatic carbocycles. The molecule has 2 heterocycles. The predicted octanol–water partition coefficient (Wildman–Crippen LogP) is 2.08. The van der Waals surface area contributed by atoms with Crippen molar-refractivity contribution in [2.24, 2.45) is 0 Å². The number of para-hydroxylation sites is 2. The molecular formula is C14H17N3O3. The van der Waals surface area contributed by atoms with Crippen LogP contribution in [0.15, 0.2) is 28.8 Å². The molecule has 1 atom stereocenters. The molecule has 0 aliphatic carbocycles. The van der Waals surface area contributed by atoms with Crippen LogP contribution in [-0.4, -0.2) is 23.3 Å². The summed E-state index contributed by atoms with van der Waals surface area (Å²) in [6, 6.07) is 7.56. The molecule has 0 fully saturated rings. The molecule has 0 amide bonds. The van der Waals surface area contributed by atoms with Crippen LogP contribution in [0.2, 0.25) is 0 Å². The van der Waals surface area contributed by atoms with E-state index in [2.05, 4.69) is 22.4 Å². The van der Waals surface area contributed by atoms with Gasteiger partial charge in [-0.25, -0.2) is 0 Å². The topological polar surface area (TPSA) is 69.4 Å². The fourth-order valence-corrected chi connectivity index (χ4v) is 1.99. The third-order valence-corrected chi connectivity index (χ3v) is 2.98. The van der Waals surface area contributed by atoms with Crippen LogP contribution in [0.4, 0.5) is 0 Å². The number of fused-ring (bicyclic) bond motifs is 1. The molecular weight excluding hydrogens is 258 g/mol. The normalized spacial score (nSPS) is 17.1. The van der Waals surface area contributed by atoms with Crippen LogP contribution in [0, 0.1) is 0 Å². The van der Waals surface area contributed by atoms with E-state index in [-0.39, 0.29) is 6.10 Å². The second kappa shape index (κ2) is 5.92. The fraction of sp³-hybridized carbons (Fsp3) is 0.429. The zero-order valence-electron chi connectivity index (χ0n) is 11.3. The molecule has 1 aliphatic rings. The van der Waals surface area contributed by atoms with Crippen molar-refractivity contribution in [3.8, 4) is 11.5 Å². The Morgan fingerprint density at radius 2 is 2.15 bits per heavy atom. The number of hydrogen-bond acceptors (Lipinski definition) is 6. The highest BCUT2D eigenvalue weighted by molar-refractivity contribution is 5.40. The van der Waals surface area contributed by atoms with Crippen molar-refractivity contribution in [2.75, 3.05) is 13.2 Å². The SMILES string of the molecule is CCCNCc1nc(C2COc3ccccc3O2)no1. The van der Waals surface area contributed by atoms with Gasteiger partial charge in [-0.15, -0.1) is 0 Å². The zero-order valence-corrected chi connectivity index (χ0v) is 11.3. The minimum Gasteiger partial charge on any atom is -0.485 e. The van der Waals surface area contributed by atoms with Crippen LogP contribution in [0.5, 0.6) is 11.5 Å². The number of nitrogens with one attached hydrogen (secondary N) is 1. The number of benzene rings is 1. The predicted molar refractivity (Wildman–Crippen MR) is 71.6 cm³/mol. The molecule has 1 aromatic heterocycles. The maximum Gasteiger partial charge on any atom is 0.240 e. The van der Waals surface area contributed by atoms with Crippen molar-refractivity contribution in [2.45, 2.75) is 26.0 Å². The Morgan fingerprint density at radius 3 is 3.00 bits per heavy atom. The first-order valence-electron chi connectivity index (χ1n) is 6.78. The van der Waals surface area contributed by atoms with Crippen LogP contribution in [0.1, 0.15) is 31.2 Å². The standard InChI is InChI=1S/C14H17N3O3/c1-2-7-15-8-13-16-14(17-20-13)12-9-18-10-5-3-4-6-11(10)19-12/h3-6,12,15H,2,7-9H2,1H3. The molecule has 2 aromatic rings. The Labute approximate surface area is 117 Å². The average molecular weight is 275 g/mol. The number of nitrogens with zero attached hydrogens (tertiary/aromatic N) is 2. The van der Waals surface area contributed by atoms with Gasteiger partial charge in [-0.1, -0.05) is 24.2 Å². The minimum atomic E-state index is -0.325. The number of aromatic nitrogens is 2. The molecule has 0 radical (unpaired) electrons. The molecule has 6 nitrogen and oxygen atoms in total. The molecule has 20 heavy (non-hydrogen) atoms. The summed E-state index contributed by atoms with van der Waals surface area (Å²) < 4.78 is 16.7. The van der Waals surface area contributed by atoms with E-state index < -0.39 is 0 Å². The van der Waals surface area contributed by atoms with Crippen molar-refractivity contribution in [3.63, 3.8) is 0 Å². The Morgan fingerprint density at radius 1 is 1.30 bits per heavy atom. The van der Waals surface area contributed by atoms with E-state index in [9.17, 15) is 0 Å². The van der Waals surface area contributed by atoms with E-state index in [1.54, 1.807) is 0 Å². The van der Waals surface area contributed by atoms with Crippen molar-refractivity contribution in [1.82, 2.24) is 15.5 Å². The van der Waals surface area contributed by atoms with E-state index >= 15 is 0 Å². The molecule has 1 aliphatic heterocycles. The van der Waals surface area contributed by atoms with E-state index in [1.807, 2.05) is 24.3 Å². The van der Waals surface area contributed by atoms with Crippen LogP contribution in [0.3, 0.4) is 0 Å². The number of ether oxygens (including phenoxy) is 2. The Hall–Kier alpha value is -2.08. The molecule has 1 N–H and O–H groups in total. The summed E-state index contributed by atoms with van der Waals surface area (Å²) in [5.74, 6) is 2.54. The molecule has 1 unspecified atom stereocenters. The van der Waals surface area contributed by atoms with Crippen LogP contribution in [0.25, 0.3) is 0 Å². The molecule has 0 spiro atoms. The summed E-state index contributed by atoms with van der Waals surface area (Å²) in [6.07, 6.45) is 0.741. The van der Waals surface area contributed by atoms with Crippen molar-refractivity contribution >= 4 is 0 Å². The highest BCUT2D eigenvalue weighted by atomic mass is 16.6. The van der Waals surface area contributed by atoms with Crippen molar-refractivity contribution < 1.29 is 14.0 Å². The van der Waals surface area contributed by atoms with Gasteiger partial charge in [-0.2, -0.15) is 4.98 Å². The van der Waals surface area contributed by atoms with Gasteiger partial charge in [0.2, 0.25) is 11.7 Å². The quantitative estimate of drug-likeness (QED) is 0.842. The number of hydrogen-bond donors (Lipinski definition) is 1. The average Bonchev–Trinajstić information content (AvgIpc) is 2.96. The summed E-state index contributed by atoms with van der Waals surface area (Å²) in [5.41, 5.74) is 0. The summed E-state index contributed by atoms with van der Waals surface area (Å²) in [6.45, 7) is 3.99. The molecule has 0 saturated heterocycles. The Bertz CT molecular complexity index is 570. The van der Waals surface area contributed by atoms with Gasteiger partial charge in [0.05, 0.1) is 6.54 Å². The van der Waals surface area contributed by atoms with Crippen molar-refractivity contribution in [1.29, 1.82) is 0 Å². The zero-order chi connectivity index (χ0) is 13.8. The van der Waals surface area contributed by atoms with Gasteiger partial charge in [0, 0.05) is 0 Å². The molecule has 106 valence electrons. The van der Waals surface area contributed by atoms with Gasteiger partial charge >= 0.3 is 0 Å². The van der Waals surface area contributed by atoms with E-state index in [1.165, 1.54) is 0 Å². The summed E-state index contributed by atoms with van der Waals surface area (Å²) in [7, 11) is 0. The lowest BCUT2D eigenvalue weighted by atomic mass is 10.2. The van der Waals surface area contributed by atoms with Crippen LogP contribution < -0.4 is 14.8 Å². The highest BCUT2D eigenvalue weighted by Crippen LogP contribution is 2.34. The largest absolute Gasteiger partial charge is 0.485 e. The molecule has 3 rings (SSSR count). The maximum absolute atomic E-state index is 5.83. The van der Waals surface area contributed by atoms with E-state index in [0.29, 0.717) is 30.6 Å². The molecule has 0 saturated carbocycles. The van der Waals surface area contributed by atoms with Crippen molar-refractivity contribution in [3.05, 3.63) is 36.0 Å². The first-order chi connectivity index (χ1) is 9.86. The van der Waals surface area contributed by atoms with Gasteiger partial charge in [-0.05, 0) is 25.1 Å². The smallest absolute Gasteiger partial charge is 0.240 e. The summed E-state index contributed by atoms with van der Waals surface area (Å²) in [4.78, 5) is 4.33. The lowest BCUT2D eigenvalue weighted by Crippen LogP contribution is -2.22. The van der Waals surface area contributed by atoms with Gasteiger partial charge in [0.1, 0.15) is 6.61 Å². The second-order valence-electron chi connectivity index (χ2n) is 4.59. The minimum absolute atomic E-state index is 0.325. The van der Waals surface area contributed by atoms with Crippen LogP contribution in [-0.2, 0) is 6.54 Å². The summed E-state index contributed by atoms with van der Waals surface area (Å²) in [5, 5.41) is 7.18. The van der Waals surface area contributed by atoms with Gasteiger partial charge in [0.25, 0.3) is 0 Å². The van der Waals surface area contributed by atoms with Crippen LogP contribution >= 0.6 is 0 Å². The Kier molecular flexibility index (Phi) is 3.83. The summed E-state index contributed by atoms with van der Waals surface area (Å²) >= 11 is 0. The first-order valence-corrected chi connectivity index (χ1v) is 6.78. The third-order valence-electron chi connectivity index (χ3n) is 2.98. The third kappa shape index (κ3) is 2.75. The van der Waals surface area contributed by atoms with E-state index in [0.717, 1.165) is 18.7 Å². The van der Waals surface area contributed by atoms with Gasteiger partial charge in [-0.3, -0.25) is 0 Å². The number of rotatable bonds is 5. The highest BCUT2D eigenvalue weighted by Gasteiger charge is 2.26. The second-order valence-corrected chi connectivity index (χ2v) is 4.59. The monoisotopic (exact) mass is 275 g/mol.